The van der Waals surface area contributed by atoms with Gasteiger partial charge in [-0.1, -0.05) is 17.2 Å². The zero-order valence-corrected chi connectivity index (χ0v) is 15.1. The SMILES string of the molecule is COCCN1C[C@H]2CN(C(=O)c3cc(C)cc(C)c3)C[C@@]2(C(=O)O)C1. The molecule has 136 valence electrons. The minimum atomic E-state index is -0.859. The van der Waals surface area contributed by atoms with Gasteiger partial charge in [0.25, 0.3) is 5.91 Å². The molecule has 3 rings (SSSR count). The molecule has 0 aromatic heterocycles. The van der Waals surface area contributed by atoms with E-state index >= 15 is 0 Å². The van der Waals surface area contributed by atoms with Crippen LogP contribution in [-0.4, -0.2) is 73.2 Å². The molecule has 2 heterocycles. The first-order chi connectivity index (χ1) is 11.9. The number of hydrogen-bond acceptors (Lipinski definition) is 4. The lowest BCUT2D eigenvalue weighted by atomic mass is 9.81. The summed E-state index contributed by atoms with van der Waals surface area (Å²) in [6.07, 6.45) is 0. The predicted molar refractivity (Wildman–Crippen MR) is 93.7 cm³/mol. The maximum Gasteiger partial charge on any atom is 0.313 e. The number of rotatable bonds is 5. The molecule has 0 aliphatic carbocycles. The third kappa shape index (κ3) is 3.28. The molecular formula is C19H26N2O4. The topological polar surface area (TPSA) is 70.1 Å². The van der Waals surface area contributed by atoms with Crippen molar-refractivity contribution < 1.29 is 19.4 Å². The zero-order valence-electron chi connectivity index (χ0n) is 15.1. The predicted octanol–water partition coefficient (Wildman–Crippen LogP) is 1.41. The quantitative estimate of drug-likeness (QED) is 0.873. The van der Waals surface area contributed by atoms with E-state index in [1.807, 2.05) is 32.0 Å². The van der Waals surface area contributed by atoms with E-state index in [2.05, 4.69) is 4.90 Å². The van der Waals surface area contributed by atoms with E-state index in [0.29, 0.717) is 31.8 Å². The third-order valence-corrected chi connectivity index (χ3v) is 5.47. The Kier molecular flexibility index (Phi) is 4.84. The van der Waals surface area contributed by atoms with Gasteiger partial charge in [0, 0.05) is 51.3 Å². The normalized spacial score (nSPS) is 26.0. The summed E-state index contributed by atoms with van der Waals surface area (Å²) in [5, 5.41) is 9.88. The average molecular weight is 346 g/mol. The van der Waals surface area contributed by atoms with Crippen LogP contribution in [0.15, 0.2) is 18.2 Å². The lowest BCUT2D eigenvalue weighted by Gasteiger charge is -2.25. The first kappa shape index (κ1) is 17.9. The molecule has 6 heteroatoms. The molecule has 2 atom stereocenters. The standard InChI is InChI=1S/C19H26N2O4/c1-13-6-14(2)8-15(7-13)17(22)21-10-16-9-20(4-5-25-3)11-19(16,12-21)18(23)24/h6-8,16H,4-5,9-12H2,1-3H3,(H,23,24)/t16-,19-/m0/s1. The van der Waals surface area contributed by atoms with E-state index in [9.17, 15) is 14.7 Å². The number of benzene rings is 1. The van der Waals surface area contributed by atoms with Crippen LogP contribution in [0.3, 0.4) is 0 Å². The second kappa shape index (κ2) is 6.77. The minimum absolute atomic E-state index is 0.0308. The number of carboxylic acid groups (broad SMARTS) is 1. The highest BCUT2D eigenvalue weighted by Gasteiger charge is 2.58. The number of ether oxygens (including phenoxy) is 1. The first-order valence-electron chi connectivity index (χ1n) is 8.68. The van der Waals surface area contributed by atoms with E-state index in [1.54, 1.807) is 12.0 Å². The van der Waals surface area contributed by atoms with Gasteiger partial charge in [-0.25, -0.2) is 0 Å². The molecule has 1 aromatic carbocycles. The number of hydrogen-bond donors (Lipinski definition) is 1. The second-order valence-electron chi connectivity index (χ2n) is 7.45. The number of likely N-dealkylation sites (tertiary alicyclic amines) is 2. The Morgan fingerprint density at radius 2 is 1.88 bits per heavy atom. The van der Waals surface area contributed by atoms with Gasteiger partial charge in [-0.15, -0.1) is 0 Å². The molecule has 2 saturated heterocycles. The van der Waals surface area contributed by atoms with Crippen molar-refractivity contribution in [3.05, 3.63) is 34.9 Å². The summed E-state index contributed by atoms with van der Waals surface area (Å²) in [5.74, 6) is -0.893. The van der Waals surface area contributed by atoms with Crippen molar-refractivity contribution >= 4 is 11.9 Å². The summed E-state index contributed by atoms with van der Waals surface area (Å²) >= 11 is 0. The summed E-state index contributed by atoms with van der Waals surface area (Å²) in [7, 11) is 1.65. The van der Waals surface area contributed by atoms with E-state index in [0.717, 1.165) is 17.7 Å². The Morgan fingerprint density at radius 3 is 2.44 bits per heavy atom. The van der Waals surface area contributed by atoms with Gasteiger partial charge in [0.05, 0.1) is 6.61 Å². The summed E-state index contributed by atoms with van der Waals surface area (Å²) in [5.41, 5.74) is 1.87. The van der Waals surface area contributed by atoms with Gasteiger partial charge in [0.1, 0.15) is 5.41 Å². The number of carbonyl (C=O) groups excluding carboxylic acids is 1. The van der Waals surface area contributed by atoms with E-state index < -0.39 is 11.4 Å². The fraction of sp³-hybridized carbons (Fsp3) is 0.579. The second-order valence-corrected chi connectivity index (χ2v) is 7.45. The largest absolute Gasteiger partial charge is 0.481 e. The van der Waals surface area contributed by atoms with Crippen LogP contribution in [0.1, 0.15) is 21.5 Å². The lowest BCUT2D eigenvalue weighted by Crippen LogP contribution is -2.42. The Balaban J connectivity index is 1.78. The molecule has 6 nitrogen and oxygen atoms in total. The minimum Gasteiger partial charge on any atom is -0.481 e. The van der Waals surface area contributed by atoms with Gasteiger partial charge in [0.2, 0.25) is 0 Å². The molecule has 2 fully saturated rings. The van der Waals surface area contributed by atoms with Crippen molar-refractivity contribution in [3.8, 4) is 0 Å². The molecule has 0 saturated carbocycles. The van der Waals surface area contributed by atoms with Crippen LogP contribution < -0.4 is 0 Å². The van der Waals surface area contributed by atoms with Crippen molar-refractivity contribution in [2.24, 2.45) is 11.3 Å². The Morgan fingerprint density at radius 1 is 1.20 bits per heavy atom. The molecule has 0 unspecified atom stereocenters. The highest BCUT2D eigenvalue weighted by atomic mass is 16.5. The summed E-state index contributed by atoms with van der Waals surface area (Å²) in [6, 6.07) is 5.78. The molecule has 2 aliphatic rings. The number of carbonyl (C=O) groups is 2. The van der Waals surface area contributed by atoms with Crippen molar-refractivity contribution in [3.63, 3.8) is 0 Å². The van der Waals surface area contributed by atoms with Gasteiger partial charge < -0.3 is 14.7 Å². The van der Waals surface area contributed by atoms with Gasteiger partial charge in [-0.05, 0) is 26.0 Å². The van der Waals surface area contributed by atoms with Crippen LogP contribution in [0.4, 0.5) is 0 Å². The van der Waals surface area contributed by atoms with Crippen molar-refractivity contribution in [2.45, 2.75) is 13.8 Å². The summed E-state index contributed by atoms with van der Waals surface area (Å²) < 4.78 is 5.11. The molecule has 0 spiro atoms. The zero-order chi connectivity index (χ0) is 18.2. The molecule has 0 bridgehead atoms. The number of methoxy groups -OCH3 is 1. The number of nitrogens with zero attached hydrogens (tertiary/aromatic N) is 2. The van der Waals surface area contributed by atoms with Crippen LogP contribution in [0, 0.1) is 25.2 Å². The van der Waals surface area contributed by atoms with Crippen LogP contribution in [0.25, 0.3) is 0 Å². The van der Waals surface area contributed by atoms with Crippen molar-refractivity contribution in [2.75, 3.05) is 46.4 Å². The number of aliphatic carboxylic acids is 1. The third-order valence-electron chi connectivity index (χ3n) is 5.47. The van der Waals surface area contributed by atoms with Gasteiger partial charge in [-0.2, -0.15) is 0 Å². The van der Waals surface area contributed by atoms with Crippen molar-refractivity contribution in [1.29, 1.82) is 0 Å². The highest BCUT2D eigenvalue weighted by molar-refractivity contribution is 5.95. The Bertz CT molecular complexity index is 670. The summed E-state index contributed by atoms with van der Waals surface area (Å²) in [4.78, 5) is 28.8. The number of carboxylic acids is 1. The number of amides is 1. The molecule has 25 heavy (non-hydrogen) atoms. The monoisotopic (exact) mass is 346 g/mol. The lowest BCUT2D eigenvalue weighted by molar-refractivity contribution is -0.148. The molecule has 0 radical (unpaired) electrons. The van der Waals surface area contributed by atoms with Crippen molar-refractivity contribution in [1.82, 2.24) is 9.80 Å². The molecule has 2 aliphatic heterocycles. The summed E-state index contributed by atoms with van der Waals surface area (Å²) in [6.45, 7) is 7.22. The smallest absolute Gasteiger partial charge is 0.313 e. The fourth-order valence-corrected chi connectivity index (χ4v) is 4.30. The number of fused-ring (bicyclic) bond motifs is 1. The van der Waals surface area contributed by atoms with Crippen LogP contribution in [0.5, 0.6) is 0 Å². The fourth-order valence-electron chi connectivity index (χ4n) is 4.30. The molecule has 1 aromatic rings. The maximum atomic E-state index is 12.9. The molecular weight excluding hydrogens is 320 g/mol. The Labute approximate surface area is 148 Å². The van der Waals surface area contributed by atoms with Gasteiger partial charge in [-0.3, -0.25) is 14.5 Å². The van der Waals surface area contributed by atoms with Crippen LogP contribution in [0.2, 0.25) is 0 Å². The maximum absolute atomic E-state index is 12.9. The van der Waals surface area contributed by atoms with E-state index in [1.165, 1.54) is 0 Å². The van der Waals surface area contributed by atoms with Gasteiger partial charge in [0.15, 0.2) is 0 Å². The van der Waals surface area contributed by atoms with E-state index in [-0.39, 0.29) is 18.4 Å². The number of aryl methyl sites for hydroxylation is 2. The first-order valence-corrected chi connectivity index (χ1v) is 8.68. The molecule has 1 amide bonds. The van der Waals surface area contributed by atoms with Gasteiger partial charge >= 0.3 is 5.97 Å². The highest BCUT2D eigenvalue weighted by Crippen LogP contribution is 2.43. The van der Waals surface area contributed by atoms with Crippen LogP contribution in [-0.2, 0) is 9.53 Å². The molecule has 1 N–H and O–H groups in total. The Hall–Kier alpha value is -1.92. The van der Waals surface area contributed by atoms with Crippen LogP contribution >= 0.6 is 0 Å². The van der Waals surface area contributed by atoms with E-state index in [4.69, 9.17) is 4.74 Å². The average Bonchev–Trinajstić information content (AvgIpc) is 3.06.